The summed E-state index contributed by atoms with van der Waals surface area (Å²) in [5.74, 6) is -0.338. The zero-order valence-corrected chi connectivity index (χ0v) is 17.0. The number of rotatable bonds is 2. The molecule has 0 saturated carbocycles. The molecule has 9 heteroatoms. The van der Waals surface area contributed by atoms with Crippen LogP contribution in [0.1, 0.15) is 0 Å². The first-order valence-electron chi connectivity index (χ1n) is 5.21. The lowest BCUT2D eigenvalue weighted by Gasteiger charge is -2.13. The van der Waals surface area contributed by atoms with E-state index in [0.29, 0.717) is 18.7 Å². The van der Waals surface area contributed by atoms with E-state index in [2.05, 4.69) is 63.7 Å². The monoisotopic (exact) mass is 562 g/mol. The Labute approximate surface area is 157 Å². The fraction of sp³-hybridized carbons (Fsp3) is 0. The maximum absolute atomic E-state index is 10.0. The molecule has 0 atom stereocenters. The van der Waals surface area contributed by atoms with Crippen LogP contribution in [0, 0.1) is 0 Å². The van der Waals surface area contributed by atoms with Gasteiger partial charge in [0.1, 0.15) is 23.0 Å². The second kappa shape index (κ2) is 6.57. The van der Waals surface area contributed by atoms with E-state index in [0.717, 1.165) is 11.8 Å². The molecule has 2 rings (SSSR count). The van der Waals surface area contributed by atoms with Gasteiger partial charge in [-0.15, -0.1) is 0 Å². The predicted molar refractivity (Wildman–Crippen MR) is 94.5 cm³/mol. The molecule has 0 spiro atoms. The molecule has 0 radical (unpaired) electrons. The molecule has 0 heterocycles. The Bertz CT molecular complexity index is 675. The van der Waals surface area contributed by atoms with Gasteiger partial charge in [-0.05, 0) is 75.9 Å². The van der Waals surface area contributed by atoms with Crippen molar-refractivity contribution in [1.82, 2.24) is 0 Å². The molecule has 2 aromatic rings. The van der Waals surface area contributed by atoms with Gasteiger partial charge in [0.05, 0.1) is 27.7 Å². The van der Waals surface area contributed by atoms with Crippen molar-refractivity contribution in [2.45, 2.75) is 9.79 Å². The van der Waals surface area contributed by atoms with Gasteiger partial charge in [-0.2, -0.15) is 0 Å². The molecule has 0 aliphatic rings. The van der Waals surface area contributed by atoms with E-state index in [1.54, 1.807) is 0 Å². The minimum absolute atomic E-state index is 0.0766. The van der Waals surface area contributed by atoms with Gasteiger partial charge in [0.15, 0.2) is 0 Å². The van der Waals surface area contributed by atoms with Crippen LogP contribution in [0.25, 0.3) is 0 Å². The van der Waals surface area contributed by atoms with Crippen LogP contribution in [0.2, 0.25) is 0 Å². The second-order valence-corrected chi connectivity index (χ2v) is 8.16. The Morgan fingerprint density at radius 1 is 0.667 bits per heavy atom. The molecule has 4 N–H and O–H groups in total. The van der Waals surface area contributed by atoms with Gasteiger partial charge in [0.25, 0.3) is 0 Å². The van der Waals surface area contributed by atoms with Gasteiger partial charge in [-0.3, -0.25) is 0 Å². The van der Waals surface area contributed by atoms with E-state index in [9.17, 15) is 20.4 Å². The van der Waals surface area contributed by atoms with Gasteiger partial charge < -0.3 is 20.4 Å². The summed E-state index contributed by atoms with van der Waals surface area (Å²) >= 11 is 13.6. The standard InChI is InChI=1S/C12H6Br4O4S/c13-3-1-5(17)11(7(15)9(3)19)21-12-6(18)2-4(14)10(20)8(12)16/h1-2,17-20H. The van der Waals surface area contributed by atoms with Gasteiger partial charge >= 0.3 is 0 Å². The van der Waals surface area contributed by atoms with Crippen LogP contribution in [0.15, 0.2) is 39.8 Å². The molecule has 4 nitrogen and oxygen atoms in total. The second-order valence-electron chi connectivity index (χ2n) is 3.84. The van der Waals surface area contributed by atoms with Crippen LogP contribution in [-0.4, -0.2) is 20.4 Å². The molecule has 2 aromatic carbocycles. The first kappa shape index (κ1) is 17.3. The van der Waals surface area contributed by atoms with E-state index < -0.39 is 0 Å². The topological polar surface area (TPSA) is 80.9 Å². The highest BCUT2D eigenvalue weighted by Crippen LogP contribution is 2.52. The number of benzene rings is 2. The van der Waals surface area contributed by atoms with E-state index in [4.69, 9.17) is 0 Å². The summed E-state index contributed by atoms with van der Waals surface area (Å²) in [6, 6.07) is 2.68. The Kier molecular flexibility index (Phi) is 5.40. The number of phenols is 4. The van der Waals surface area contributed by atoms with Crippen molar-refractivity contribution in [3.8, 4) is 23.0 Å². The zero-order valence-electron chi connectivity index (χ0n) is 9.86. The molecule has 0 aromatic heterocycles. The summed E-state index contributed by atoms with van der Waals surface area (Å²) in [4.78, 5) is 0.599. The van der Waals surface area contributed by atoms with Crippen LogP contribution in [0.5, 0.6) is 23.0 Å². The van der Waals surface area contributed by atoms with Crippen molar-refractivity contribution >= 4 is 75.5 Å². The van der Waals surface area contributed by atoms with Crippen LogP contribution in [0.3, 0.4) is 0 Å². The lowest BCUT2D eigenvalue weighted by molar-refractivity contribution is 0.440. The van der Waals surface area contributed by atoms with Crippen LogP contribution in [0.4, 0.5) is 0 Å². The van der Waals surface area contributed by atoms with Crippen LogP contribution < -0.4 is 0 Å². The van der Waals surface area contributed by atoms with Crippen LogP contribution in [-0.2, 0) is 0 Å². The third kappa shape index (κ3) is 3.31. The lowest BCUT2D eigenvalue weighted by atomic mass is 10.3. The Morgan fingerprint density at radius 2 is 1.00 bits per heavy atom. The van der Waals surface area contributed by atoms with Crippen molar-refractivity contribution in [2.24, 2.45) is 0 Å². The van der Waals surface area contributed by atoms with Gasteiger partial charge in [-0.1, -0.05) is 11.8 Å². The number of halogens is 4. The third-order valence-corrected chi connectivity index (χ3v) is 6.98. The summed E-state index contributed by atoms with van der Waals surface area (Å²) < 4.78 is 1.21. The minimum Gasteiger partial charge on any atom is -0.507 e. The maximum atomic E-state index is 10.0. The SMILES string of the molecule is Oc1cc(Br)c(O)c(Br)c1Sc1c(O)cc(Br)c(O)c1Br. The van der Waals surface area contributed by atoms with Crippen molar-refractivity contribution in [3.05, 3.63) is 30.0 Å². The Hall–Kier alpha value is -0.0900. The fourth-order valence-electron chi connectivity index (χ4n) is 1.45. The molecule has 0 amide bonds. The lowest BCUT2D eigenvalue weighted by Crippen LogP contribution is -1.84. The average molecular weight is 566 g/mol. The van der Waals surface area contributed by atoms with Gasteiger partial charge in [-0.25, -0.2) is 0 Å². The molecular weight excluding hydrogens is 560 g/mol. The van der Waals surface area contributed by atoms with Crippen molar-refractivity contribution in [1.29, 1.82) is 0 Å². The van der Waals surface area contributed by atoms with Crippen molar-refractivity contribution < 1.29 is 20.4 Å². The van der Waals surface area contributed by atoms with E-state index in [1.807, 2.05) is 0 Å². The third-order valence-electron chi connectivity index (χ3n) is 2.46. The molecule has 0 aliphatic heterocycles. The number of hydrogen-bond acceptors (Lipinski definition) is 5. The molecule has 0 fully saturated rings. The summed E-state index contributed by atoms with van der Waals surface area (Å²) in [5, 5.41) is 39.8. The van der Waals surface area contributed by atoms with Crippen molar-refractivity contribution in [3.63, 3.8) is 0 Å². The quantitative estimate of drug-likeness (QED) is 0.351. The molecular formula is C12H6Br4O4S. The molecule has 0 aliphatic carbocycles. The summed E-state index contributed by atoms with van der Waals surface area (Å²) in [5.41, 5.74) is 0. The maximum Gasteiger partial charge on any atom is 0.145 e. The van der Waals surface area contributed by atoms with E-state index in [1.165, 1.54) is 12.1 Å². The normalized spacial score (nSPS) is 10.9. The van der Waals surface area contributed by atoms with Crippen molar-refractivity contribution in [2.75, 3.05) is 0 Å². The van der Waals surface area contributed by atoms with E-state index in [-0.39, 0.29) is 31.9 Å². The van der Waals surface area contributed by atoms with Crippen LogP contribution >= 0.6 is 75.5 Å². The van der Waals surface area contributed by atoms with E-state index >= 15 is 0 Å². The van der Waals surface area contributed by atoms with Gasteiger partial charge in [0, 0.05) is 0 Å². The molecule has 0 bridgehead atoms. The molecule has 0 unspecified atom stereocenters. The smallest absolute Gasteiger partial charge is 0.145 e. The Balaban J connectivity index is 2.59. The highest BCUT2D eigenvalue weighted by Gasteiger charge is 2.21. The fourth-order valence-corrected chi connectivity index (χ4v) is 5.04. The highest BCUT2D eigenvalue weighted by atomic mass is 79.9. The molecule has 21 heavy (non-hydrogen) atoms. The number of phenolic OH excluding ortho intramolecular Hbond substituents is 4. The highest BCUT2D eigenvalue weighted by molar-refractivity contribution is 9.11. The molecule has 0 saturated heterocycles. The average Bonchev–Trinajstić information content (AvgIpc) is 2.42. The first-order chi connectivity index (χ1) is 9.73. The zero-order chi connectivity index (χ0) is 15.9. The number of aromatic hydroxyl groups is 4. The Morgan fingerprint density at radius 3 is 1.33 bits per heavy atom. The predicted octanol–water partition coefficient (Wildman–Crippen LogP) is 5.71. The number of hydrogen-bond donors (Lipinski definition) is 4. The summed E-state index contributed by atoms with van der Waals surface area (Å²) in [6.07, 6.45) is 0. The van der Waals surface area contributed by atoms with Gasteiger partial charge in [0.2, 0.25) is 0 Å². The summed E-state index contributed by atoms with van der Waals surface area (Å²) in [6.45, 7) is 0. The largest absolute Gasteiger partial charge is 0.507 e. The minimum atomic E-state index is -0.0924. The first-order valence-corrected chi connectivity index (χ1v) is 9.20. The summed E-state index contributed by atoms with van der Waals surface area (Å²) in [7, 11) is 0. The molecule has 112 valence electrons.